The van der Waals surface area contributed by atoms with E-state index in [1.807, 2.05) is 6.08 Å². The third-order valence-corrected chi connectivity index (χ3v) is 9.23. The van der Waals surface area contributed by atoms with E-state index >= 15 is 0 Å². The molecule has 4 unspecified atom stereocenters. The molecule has 0 amide bonds. The highest BCUT2D eigenvalue weighted by Gasteiger charge is 2.68. The molecule has 0 bridgehead atoms. The predicted octanol–water partition coefficient (Wildman–Crippen LogP) is 3.56. The van der Waals surface area contributed by atoms with Gasteiger partial charge >= 0.3 is 5.97 Å². The van der Waals surface area contributed by atoms with Gasteiger partial charge in [0.05, 0.1) is 6.10 Å². The molecule has 26 heavy (non-hydrogen) atoms. The van der Waals surface area contributed by atoms with E-state index < -0.39 is 0 Å². The predicted molar refractivity (Wildman–Crippen MR) is 96.2 cm³/mol. The Morgan fingerprint density at radius 3 is 2.62 bits per heavy atom. The second-order valence-corrected chi connectivity index (χ2v) is 10.1. The summed E-state index contributed by atoms with van der Waals surface area (Å²) < 4.78 is 5.95. The van der Waals surface area contributed by atoms with Gasteiger partial charge in [0, 0.05) is 18.3 Å². The van der Waals surface area contributed by atoms with Crippen molar-refractivity contribution in [3.63, 3.8) is 0 Å². The van der Waals surface area contributed by atoms with E-state index in [9.17, 15) is 14.7 Å². The summed E-state index contributed by atoms with van der Waals surface area (Å²) in [7, 11) is 0. The van der Waals surface area contributed by atoms with Gasteiger partial charge in [-0.25, -0.2) is 0 Å². The average Bonchev–Trinajstić information content (AvgIpc) is 3.09. The van der Waals surface area contributed by atoms with Crippen molar-refractivity contribution >= 4 is 11.8 Å². The summed E-state index contributed by atoms with van der Waals surface area (Å²) in [6.07, 6.45) is 9.16. The van der Waals surface area contributed by atoms with Crippen LogP contribution in [0.25, 0.3) is 0 Å². The monoisotopic (exact) mass is 358 g/mol. The molecule has 4 nitrogen and oxygen atoms in total. The summed E-state index contributed by atoms with van der Waals surface area (Å²) in [5.74, 6) is 1.41. The Kier molecular flexibility index (Phi) is 3.40. The second kappa shape index (κ2) is 5.21. The second-order valence-electron chi connectivity index (χ2n) is 10.1. The largest absolute Gasteiger partial charge is 0.458 e. The Hall–Kier alpha value is -1.16. The standard InChI is InChI=1S/C22H30O4/c1-20-8-5-14(23)11-13(20)3-4-15-16-6-9-22(10-7-18(25)26-22)21(16,2)12-17(24)19(15)20/h11,15-17,19,24H,3-10,12H2,1-2H3/t15?,16?,17?,19?,20-,21-,22+/m0/s1. The first kappa shape index (κ1) is 17.0. The molecule has 1 spiro atoms. The van der Waals surface area contributed by atoms with Crippen LogP contribution in [0, 0.1) is 28.6 Å². The normalized spacial score (nSPS) is 53.0. The van der Waals surface area contributed by atoms with E-state index in [2.05, 4.69) is 13.8 Å². The van der Waals surface area contributed by atoms with Crippen LogP contribution in [0.4, 0.5) is 0 Å². The van der Waals surface area contributed by atoms with Crippen molar-refractivity contribution in [1.82, 2.24) is 0 Å². The zero-order valence-corrected chi connectivity index (χ0v) is 15.9. The Balaban J connectivity index is 1.53. The van der Waals surface area contributed by atoms with Crippen molar-refractivity contribution in [2.24, 2.45) is 28.6 Å². The van der Waals surface area contributed by atoms with Crippen LogP contribution < -0.4 is 0 Å². The number of carbonyl (C=O) groups is 2. The molecule has 4 fully saturated rings. The summed E-state index contributed by atoms with van der Waals surface area (Å²) in [6, 6.07) is 0. The van der Waals surface area contributed by atoms with Gasteiger partial charge in [-0.15, -0.1) is 0 Å². The Labute approximate surface area is 155 Å². The quantitative estimate of drug-likeness (QED) is 0.673. The third kappa shape index (κ3) is 1.95. The fraction of sp³-hybridized carbons (Fsp3) is 0.818. The maximum atomic E-state index is 11.9. The molecular weight excluding hydrogens is 328 g/mol. The Morgan fingerprint density at radius 1 is 1.08 bits per heavy atom. The average molecular weight is 358 g/mol. The molecule has 4 heteroatoms. The SMILES string of the molecule is C[C@]12CCC(=O)C=C1CCC1C2C(O)C[C@@]2(C)C1CC[C@@]21CCC(=O)O1. The number of allylic oxidation sites excluding steroid dienone is 1. The number of hydrogen-bond acceptors (Lipinski definition) is 4. The van der Waals surface area contributed by atoms with Gasteiger partial charge in [0.15, 0.2) is 5.78 Å². The van der Waals surface area contributed by atoms with Crippen LogP contribution in [-0.4, -0.2) is 28.6 Å². The lowest BCUT2D eigenvalue weighted by molar-refractivity contribution is -0.184. The number of hydrogen-bond donors (Lipinski definition) is 1. The number of esters is 1. The van der Waals surface area contributed by atoms with Gasteiger partial charge in [-0.3, -0.25) is 9.59 Å². The van der Waals surface area contributed by atoms with Crippen molar-refractivity contribution in [3.8, 4) is 0 Å². The minimum absolute atomic E-state index is 0.0420. The van der Waals surface area contributed by atoms with Crippen LogP contribution in [0.2, 0.25) is 0 Å². The van der Waals surface area contributed by atoms with Gasteiger partial charge in [0.1, 0.15) is 5.60 Å². The first-order chi connectivity index (χ1) is 12.3. The van der Waals surface area contributed by atoms with Crippen molar-refractivity contribution < 1.29 is 19.4 Å². The fourth-order valence-electron chi connectivity index (χ4n) is 7.97. The zero-order chi connectivity index (χ0) is 18.3. The van der Waals surface area contributed by atoms with Gasteiger partial charge in [0.2, 0.25) is 0 Å². The number of aliphatic hydroxyl groups excluding tert-OH is 1. The topological polar surface area (TPSA) is 63.6 Å². The van der Waals surface area contributed by atoms with Gasteiger partial charge in [-0.2, -0.15) is 0 Å². The number of fused-ring (bicyclic) bond motifs is 6. The molecule has 0 radical (unpaired) electrons. The highest BCUT2D eigenvalue weighted by atomic mass is 16.6. The minimum atomic E-state index is -0.377. The molecule has 0 aromatic carbocycles. The molecule has 1 aliphatic heterocycles. The van der Waals surface area contributed by atoms with Crippen LogP contribution >= 0.6 is 0 Å². The zero-order valence-electron chi connectivity index (χ0n) is 15.9. The van der Waals surface area contributed by atoms with Gasteiger partial charge < -0.3 is 9.84 Å². The van der Waals surface area contributed by atoms with Crippen LogP contribution in [0.1, 0.15) is 71.6 Å². The molecular formula is C22H30O4. The molecule has 0 aromatic heterocycles. The lowest BCUT2D eigenvalue weighted by Gasteiger charge is -2.60. The first-order valence-corrected chi connectivity index (χ1v) is 10.4. The van der Waals surface area contributed by atoms with Crippen molar-refractivity contribution in [2.75, 3.05) is 0 Å². The summed E-state index contributed by atoms with van der Waals surface area (Å²) in [4.78, 5) is 23.9. The van der Waals surface area contributed by atoms with E-state index in [0.717, 1.165) is 44.9 Å². The summed E-state index contributed by atoms with van der Waals surface area (Å²) in [5.41, 5.74) is 0.777. The van der Waals surface area contributed by atoms with Gasteiger partial charge in [-0.1, -0.05) is 19.4 Å². The Morgan fingerprint density at radius 2 is 1.88 bits per heavy atom. The Bertz CT molecular complexity index is 711. The van der Waals surface area contributed by atoms with E-state index in [1.54, 1.807) is 0 Å². The minimum Gasteiger partial charge on any atom is -0.458 e. The van der Waals surface area contributed by atoms with Crippen LogP contribution in [0.15, 0.2) is 11.6 Å². The summed E-state index contributed by atoms with van der Waals surface area (Å²) in [5, 5.41) is 11.3. The van der Waals surface area contributed by atoms with Crippen molar-refractivity contribution in [1.29, 1.82) is 0 Å². The molecule has 5 aliphatic rings. The summed E-state index contributed by atoms with van der Waals surface area (Å²) in [6.45, 7) is 4.56. The number of ether oxygens (including phenoxy) is 1. The van der Waals surface area contributed by atoms with E-state index in [-0.39, 0.29) is 40.2 Å². The molecule has 1 saturated heterocycles. The van der Waals surface area contributed by atoms with Gasteiger partial charge in [-0.05, 0) is 74.2 Å². The molecule has 5 rings (SSSR count). The molecule has 4 aliphatic carbocycles. The van der Waals surface area contributed by atoms with E-state index in [1.165, 1.54) is 5.57 Å². The van der Waals surface area contributed by atoms with E-state index in [0.29, 0.717) is 24.7 Å². The van der Waals surface area contributed by atoms with Crippen molar-refractivity contribution in [2.45, 2.75) is 83.3 Å². The maximum absolute atomic E-state index is 11.9. The molecule has 0 aromatic rings. The van der Waals surface area contributed by atoms with Crippen LogP contribution in [-0.2, 0) is 14.3 Å². The number of aliphatic hydroxyl groups is 1. The molecule has 3 saturated carbocycles. The van der Waals surface area contributed by atoms with Crippen LogP contribution in [0.3, 0.4) is 0 Å². The lowest BCUT2D eigenvalue weighted by Crippen LogP contribution is -2.59. The highest BCUT2D eigenvalue weighted by Crippen LogP contribution is 2.69. The first-order valence-electron chi connectivity index (χ1n) is 10.4. The van der Waals surface area contributed by atoms with Crippen LogP contribution in [0.5, 0.6) is 0 Å². The molecule has 1 N–H and O–H groups in total. The smallest absolute Gasteiger partial charge is 0.306 e. The molecule has 7 atom stereocenters. The molecule has 1 heterocycles. The number of carbonyl (C=O) groups excluding carboxylic acids is 2. The van der Waals surface area contributed by atoms with Crippen molar-refractivity contribution in [3.05, 3.63) is 11.6 Å². The summed E-state index contributed by atoms with van der Waals surface area (Å²) >= 11 is 0. The number of rotatable bonds is 0. The fourth-order valence-corrected chi connectivity index (χ4v) is 7.97. The lowest BCUT2D eigenvalue weighted by atomic mass is 9.45. The number of ketones is 1. The van der Waals surface area contributed by atoms with E-state index in [4.69, 9.17) is 4.74 Å². The van der Waals surface area contributed by atoms with Gasteiger partial charge in [0.25, 0.3) is 0 Å². The highest BCUT2D eigenvalue weighted by molar-refractivity contribution is 5.91. The maximum Gasteiger partial charge on any atom is 0.306 e. The third-order valence-electron chi connectivity index (χ3n) is 9.23. The molecule has 142 valence electrons.